The molecule has 4 aliphatic rings. The van der Waals surface area contributed by atoms with Gasteiger partial charge < -0.3 is 24.8 Å². The molecule has 0 saturated heterocycles. The molecule has 3 N–H and O–H groups in total. The highest BCUT2D eigenvalue weighted by molar-refractivity contribution is 8.17. The lowest BCUT2D eigenvalue weighted by molar-refractivity contribution is 0.174. The van der Waals surface area contributed by atoms with Crippen molar-refractivity contribution in [2.45, 2.75) is 11.8 Å². The molecular formula is C19H17N5O3S. The molecule has 3 heterocycles. The Morgan fingerprint density at radius 3 is 3.14 bits per heavy atom. The van der Waals surface area contributed by atoms with Crippen LogP contribution in [0.1, 0.15) is 6.92 Å². The first-order valence-electron chi connectivity index (χ1n) is 8.78. The first-order chi connectivity index (χ1) is 13.7. The normalized spacial score (nSPS) is 23.5. The van der Waals surface area contributed by atoms with Gasteiger partial charge in [0.05, 0.1) is 18.6 Å². The van der Waals surface area contributed by atoms with Crippen molar-refractivity contribution in [3.8, 4) is 11.5 Å². The fourth-order valence-electron chi connectivity index (χ4n) is 3.28. The molecule has 1 aliphatic carbocycles. The Morgan fingerprint density at radius 2 is 2.25 bits per heavy atom. The highest BCUT2D eigenvalue weighted by atomic mass is 32.2. The monoisotopic (exact) mass is 395 g/mol. The largest absolute Gasteiger partial charge is 0.476 e. The summed E-state index contributed by atoms with van der Waals surface area (Å²) < 4.78 is 16.1. The van der Waals surface area contributed by atoms with Crippen LogP contribution in [0.3, 0.4) is 0 Å². The lowest BCUT2D eigenvalue weighted by Crippen LogP contribution is -2.45. The van der Waals surface area contributed by atoms with Gasteiger partial charge >= 0.3 is 0 Å². The molecule has 0 amide bonds. The van der Waals surface area contributed by atoms with Gasteiger partial charge in [-0.2, -0.15) is 0 Å². The van der Waals surface area contributed by atoms with Crippen LogP contribution in [-0.2, 0) is 4.74 Å². The van der Waals surface area contributed by atoms with E-state index in [1.54, 1.807) is 12.5 Å². The number of thioether (sulfide) groups is 1. The summed E-state index contributed by atoms with van der Waals surface area (Å²) in [6.07, 6.45) is 7.44. The van der Waals surface area contributed by atoms with Crippen LogP contribution < -0.4 is 20.1 Å². The molecule has 28 heavy (non-hydrogen) atoms. The van der Waals surface area contributed by atoms with Gasteiger partial charge in [0.15, 0.2) is 21.4 Å². The SMILES string of the molecule is CCOC(=N)C1=NC2=CC(Nc3ccc4c(c3)OCO4)=CC3=CN=CNC32S1. The van der Waals surface area contributed by atoms with E-state index >= 15 is 0 Å². The van der Waals surface area contributed by atoms with E-state index in [9.17, 15) is 0 Å². The molecular weight excluding hydrogens is 378 g/mol. The molecule has 9 heteroatoms. The van der Waals surface area contributed by atoms with Crippen molar-refractivity contribution in [2.24, 2.45) is 9.98 Å². The number of anilines is 1. The molecule has 1 spiro atoms. The van der Waals surface area contributed by atoms with Gasteiger partial charge in [0.1, 0.15) is 0 Å². The maximum absolute atomic E-state index is 8.10. The third kappa shape index (κ3) is 2.66. The van der Waals surface area contributed by atoms with Gasteiger partial charge in [-0.3, -0.25) is 5.41 Å². The summed E-state index contributed by atoms with van der Waals surface area (Å²) in [5.74, 6) is 1.53. The van der Waals surface area contributed by atoms with Crippen molar-refractivity contribution >= 4 is 34.7 Å². The van der Waals surface area contributed by atoms with E-state index in [2.05, 4.69) is 20.6 Å². The second-order valence-corrected chi connectivity index (χ2v) is 7.49. The van der Waals surface area contributed by atoms with Crippen molar-refractivity contribution in [3.63, 3.8) is 0 Å². The number of nitrogens with zero attached hydrogens (tertiary/aromatic N) is 2. The Kier molecular flexibility index (Phi) is 3.90. The zero-order valence-electron chi connectivity index (χ0n) is 15.0. The number of aliphatic imine (C=N–C) groups is 2. The van der Waals surface area contributed by atoms with Gasteiger partial charge in [0.2, 0.25) is 12.7 Å². The molecule has 1 aromatic rings. The van der Waals surface area contributed by atoms with E-state index in [0.29, 0.717) is 17.4 Å². The van der Waals surface area contributed by atoms with Crippen LogP contribution in [0.5, 0.6) is 11.5 Å². The summed E-state index contributed by atoms with van der Waals surface area (Å²) in [4.78, 5) is 8.30. The molecule has 0 fully saturated rings. The van der Waals surface area contributed by atoms with E-state index in [0.717, 1.165) is 28.4 Å². The van der Waals surface area contributed by atoms with Crippen LogP contribution >= 0.6 is 11.8 Å². The van der Waals surface area contributed by atoms with Gasteiger partial charge in [0.25, 0.3) is 0 Å². The van der Waals surface area contributed by atoms with Crippen molar-refractivity contribution in [3.05, 3.63) is 53.5 Å². The molecule has 0 bridgehead atoms. The van der Waals surface area contributed by atoms with Crippen LogP contribution in [0.25, 0.3) is 0 Å². The number of hydrogen-bond donors (Lipinski definition) is 3. The molecule has 1 aromatic carbocycles. The number of fused-ring (bicyclic) bond motifs is 1. The van der Waals surface area contributed by atoms with Crippen LogP contribution in [0.4, 0.5) is 5.69 Å². The quantitative estimate of drug-likeness (QED) is 0.535. The van der Waals surface area contributed by atoms with Crippen molar-refractivity contribution in [1.82, 2.24) is 5.32 Å². The summed E-state index contributed by atoms with van der Waals surface area (Å²) >= 11 is 1.45. The standard InChI is InChI=1S/C19H17N5O3S/c1-2-25-17(20)18-24-16-7-13(5-11-8-21-9-22-19(11,16)28-18)23-12-3-4-14-15(6-12)27-10-26-14/h3-9,20,23H,2,10H2,1H3,(H,21,22). The van der Waals surface area contributed by atoms with Crippen LogP contribution in [0.15, 0.2) is 63.5 Å². The van der Waals surface area contributed by atoms with Crippen molar-refractivity contribution < 1.29 is 14.2 Å². The van der Waals surface area contributed by atoms with Crippen LogP contribution in [0.2, 0.25) is 0 Å². The number of benzene rings is 1. The van der Waals surface area contributed by atoms with E-state index in [1.165, 1.54) is 11.8 Å². The van der Waals surface area contributed by atoms with E-state index < -0.39 is 4.87 Å². The summed E-state index contributed by atoms with van der Waals surface area (Å²) in [6, 6.07) is 5.71. The molecule has 8 nitrogen and oxygen atoms in total. The van der Waals surface area contributed by atoms with Gasteiger partial charge in [-0.15, -0.1) is 0 Å². The molecule has 0 saturated carbocycles. The Hall–Kier alpha value is -3.20. The van der Waals surface area contributed by atoms with Gasteiger partial charge in [-0.05, 0) is 31.2 Å². The first kappa shape index (κ1) is 16.9. The minimum Gasteiger partial charge on any atom is -0.476 e. The Morgan fingerprint density at radius 1 is 1.36 bits per heavy atom. The fourth-order valence-corrected chi connectivity index (χ4v) is 4.42. The van der Waals surface area contributed by atoms with E-state index in [4.69, 9.17) is 19.6 Å². The minimum atomic E-state index is -0.583. The summed E-state index contributed by atoms with van der Waals surface area (Å²) in [5, 5.41) is 15.3. The van der Waals surface area contributed by atoms with Gasteiger partial charge in [-0.1, -0.05) is 11.8 Å². The van der Waals surface area contributed by atoms with Crippen molar-refractivity contribution in [2.75, 3.05) is 18.7 Å². The molecule has 5 rings (SSSR count). The average Bonchev–Trinajstić information content (AvgIpc) is 3.30. The highest BCUT2D eigenvalue weighted by Crippen LogP contribution is 2.48. The number of rotatable bonds is 4. The third-order valence-corrected chi connectivity index (χ3v) is 5.88. The Labute approximate surface area is 165 Å². The second-order valence-electron chi connectivity index (χ2n) is 6.29. The summed E-state index contributed by atoms with van der Waals surface area (Å²) in [7, 11) is 0. The van der Waals surface area contributed by atoms with Crippen LogP contribution in [0, 0.1) is 5.41 Å². The Bertz CT molecular complexity index is 1030. The molecule has 0 aromatic heterocycles. The van der Waals surface area contributed by atoms with Gasteiger partial charge in [0, 0.05) is 29.2 Å². The maximum atomic E-state index is 8.10. The smallest absolute Gasteiger partial charge is 0.239 e. The highest BCUT2D eigenvalue weighted by Gasteiger charge is 2.48. The lowest BCUT2D eigenvalue weighted by Gasteiger charge is -2.34. The van der Waals surface area contributed by atoms with E-state index in [1.807, 2.05) is 37.3 Å². The average molecular weight is 395 g/mol. The second kappa shape index (κ2) is 6.45. The number of nitrogens with one attached hydrogen (secondary N) is 3. The zero-order valence-corrected chi connectivity index (χ0v) is 15.8. The molecule has 142 valence electrons. The van der Waals surface area contributed by atoms with Gasteiger partial charge in [-0.25, -0.2) is 9.98 Å². The zero-order chi connectivity index (χ0) is 19.1. The predicted octanol–water partition coefficient (Wildman–Crippen LogP) is 2.98. The summed E-state index contributed by atoms with van der Waals surface area (Å²) in [5.41, 5.74) is 3.48. The Balaban J connectivity index is 1.48. The molecule has 3 aliphatic heterocycles. The maximum Gasteiger partial charge on any atom is 0.239 e. The minimum absolute atomic E-state index is 0.0751. The molecule has 1 atom stereocenters. The summed E-state index contributed by atoms with van der Waals surface area (Å²) in [6.45, 7) is 2.52. The molecule has 0 radical (unpaired) electrons. The van der Waals surface area contributed by atoms with E-state index in [-0.39, 0.29) is 12.7 Å². The fraction of sp³-hybridized carbons (Fsp3) is 0.211. The number of allylic oxidation sites excluding steroid dienone is 1. The predicted molar refractivity (Wildman–Crippen MR) is 109 cm³/mol. The van der Waals surface area contributed by atoms with Crippen LogP contribution in [-0.4, -0.2) is 35.6 Å². The molecule has 1 unspecified atom stereocenters. The number of ether oxygens (including phenoxy) is 3. The van der Waals surface area contributed by atoms with Crippen molar-refractivity contribution in [1.29, 1.82) is 5.41 Å². The topological polar surface area (TPSA) is 100 Å². The third-order valence-electron chi connectivity index (χ3n) is 4.54. The first-order valence-corrected chi connectivity index (χ1v) is 9.59. The number of hydrogen-bond acceptors (Lipinski definition) is 9. The lowest BCUT2D eigenvalue weighted by atomic mass is 9.96.